The van der Waals surface area contributed by atoms with Gasteiger partial charge in [-0.1, -0.05) is 113 Å². The summed E-state index contributed by atoms with van der Waals surface area (Å²) < 4.78 is 4.99. The van der Waals surface area contributed by atoms with Crippen LogP contribution in [0.3, 0.4) is 0 Å². The summed E-state index contributed by atoms with van der Waals surface area (Å²) in [6.45, 7) is 2.37. The molecule has 150 valence electrons. The van der Waals surface area contributed by atoms with Gasteiger partial charge in [-0.05, 0) is 6.42 Å². The molecule has 4 heteroatoms. The van der Waals surface area contributed by atoms with Crippen molar-refractivity contribution in [2.75, 3.05) is 11.9 Å². The summed E-state index contributed by atoms with van der Waals surface area (Å²) in [6.07, 6.45) is 19.7. The molecule has 0 saturated heterocycles. The Bertz CT molecular complexity index is 284. The zero-order valence-corrected chi connectivity index (χ0v) is 18.0. The van der Waals surface area contributed by atoms with Crippen LogP contribution < -0.4 is 0 Å². The second kappa shape index (κ2) is 20.2. The largest absolute Gasteiger partial charge is 0.463 e. The van der Waals surface area contributed by atoms with Gasteiger partial charge in [0.05, 0.1) is 6.10 Å². The van der Waals surface area contributed by atoms with Gasteiger partial charge in [-0.3, -0.25) is 4.79 Å². The lowest BCUT2D eigenvalue weighted by atomic mass is 10.0. The summed E-state index contributed by atoms with van der Waals surface area (Å²) in [5.41, 5.74) is 0. The maximum absolute atomic E-state index is 11.4. The third-order valence-electron chi connectivity index (χ3n) is 4.60. The van der Waals surface area contributed by atoms with E-state index < -0.39 is 6.10 Å². The number of rotatable bonds is 19. The van der Waals surface area contributed by atoms with E-state index in [1.807, 2.05) is 0 Å². The van der Waals surface area contributed by atoms with Gasteiger partial charge in [0.2, 0.25) is 0 Å². The number of aliphatic hydroxyl groups excluding tert-OH is 1. The number of carbonyl (C=O) groups is 1. The molecule has 0 bridgehead atoms. The number of halogens is 1. The Labute approximate surface area is 164 Å². The number of carbonyl (C=O) groups excluding carboxylic acids is 1. The molecule has 3 nitrogen and oxygen atoms in total. The summed E-state index contributed by atoms with van der Waals surface area (Å²) in [5, 5.41) is 9.73. The van der Waals surface area contributed by atoms with Crippen LogP contribution in [0.1, 0.15) is 110 Å². The average Bonchev–Trinajstić information content (AvgIpc) is 2.62. The van der Waals surface area contributed by atoms with Crippen molar-refractivity contribution >= 4 is 21.9 Å². The van der Waals surface area contributed by atoms with Crippen molar-refractivity contribution in [1.29, 1.82) is 0 Å². The molecular weight excluding hydrogens is 380 g/mol. The molecule has 1 atom stereocenters. The number of alkyl halides is 1. The highest BCUT2D eigenvalue weighted by molar-refractivity contribution is 9.09. The minimum Gasteiger partial charge on any atom is -0.463 e. The van der Waals surface area contributed by atoms with Gasteiger partial charge in [0, 0.05) is 11.8 Å². The molecule has 0 unspecified atom stereocenters. The number of unbranched alkanes of at least 4 members (excludes halogenated alkanes) is 14. The van der Waals surface area contributed by atoms with E-state index in [0.717, 1.165) is 12.8 Å². The first-order chi connectivity index (χ1) is 12.2. The molecule has 0 aromatic rings. The van der Waals surface area contributed by atoms with Crippen molar-refractivity contribution in [3.8, 4) is 0 Å². The summed E-state index contributed by atoms with van der Waals surface area (Å²) in [4.78, 5) is 11.4. The molecule has 0 aliphatic rings. The molecule has 0 aromatic carbocycles. The first-order valence-electron chi connectivity index (χ1n) is 10.6. The van der Waals surface area contributed by atoms with E-state index in [-0.39, 0.29) is 12.6 Å². The van der Waals surface area contributed by atoms with Crippen molar-refractivity contribution in [2.45, 2.75) is 116 Å². The van der Waals surface area contributed by atoms with E-state index in [0.29, 0.717) is 11.8 Å². The van der Waals surface area contributed by atoms with Crippen LogP contribution in [0.4, 0.5) is 0 Å². The third-order valence-corrected chi connectivity index (χ3v) is 5.35. The van der Waals surface area contributed by atoms with Crippen LogP contribution in [0, 0.1) is 0 Å². The van der Waals surface area contributed by atoms with Crippen LogP contribution in [0.5, 0.6) is 0 Å². The lowest BCUT2D eigenvalue weighted by molar-refractivity contribution is -0.146. The first-order valence-corrected chi connectivity index (χ1v) is 11.7. The second-order valence-electron chi connectivity index (χ2n) is 7.19. The Hall–Kier alpha value is -0.0900. The fourth-order valence-electron chi connectivity index (χ4n) is 2.95. The predicted molar refractivity (Wildman–Crippen MR) is 110 cm³/mol. The van der Waals surface area contributed by atoms with Crippen molar-refractivity contribution in [3.05, 3.63) is 0 Å². The van der Waals surface area contributed by atoms with Gasteiger partial charge in [-0.25, -0.2) is 0 Å². The fourth-order valence-corrected chi connectivity index (χ4v) is 3.13. The quantitative estimate of drug-likeness (QED) is 0.146. The van der Waals surface area contributed by atoms with Gasteiger partial charge in [0.1, 0.15) is 6.61 Å². The second-order valence-corrected chi connectivity index (χ2v) is 7.84. The summed E-state index contributed by atoms with van der Waals surface area (Å²) in [5.74, 6) is -0.185. The van der Waals surface area contributed by atoms with Crippen LogP contribution in [0.15, 0.2) is 0 Å². The molecule has 1 N–H and O–H groups in total. The summed E-state index contributed by atoms with van der Waals surface area (Å²) >= 11 is 3.15. The highest BCUT2D eigenvalue weighted by Gasteiger charge is 2.07. The minimum atomic E-state index is -0.593. The fraction of sp³-hybridized carbons (Fsp3) is 0.952. The van der Waals surface area contributed by atoms with Crippen LogP contribution in [-0.4, -0.2) is 29.1 Å². The smallest absolute Gasteiger partial charge is 0.305 e. The van der Waals surface area contributed by atoms with Crippen molar-refractivity contribution < 1.29 is 14.6 Å². The number of hydrogen-bond donors (Lipinski definition) is 1. The maximum atomic E-state index is 11.4. The maximum Gasteiger partial charge on any atom is 0.305 e. The van der Waals surface area contributed by atoms with Crippen LogP contribution >= 0.6 is 15.9 Å². The number of ether oxygens (including phenoxy) is 1. The Balaban J connectivity index is 3.12. The molecule has 0 amide bonds. The lowest BCUT2D eigenvalue weighted by Crippen LogP contribution is -2.19. The van der Waals surface area contributed by atoms with Gasteiger partial charge in [0.25, 0.3) is 0 Å². The molecular formula is C21H41BrO3. The summed E-state index contributed by atoms with van der Waals surface area (Å²) in [6, 6.07) is 0. The Morgan fingerprint density at radius 2 is 1.20 bits per heavy atom. The van der Waals surface area contributed by atoms with Gasteiger partial charge < -0.3 is 9.84 Å². The SMILES string of the molecule is CCCCCCCCCCCCCCCCCC(=O)OC[C@@H](O)CBr. The van der Waals surface area contributed by atoms with Crippen LogP contribution in [0.2, 0.25) is 0 Å². The van der Waals surface area contributed by atoms with E-state index in [1.165, 1.54) is 83.5 Å². The number of hydrogen-bond acceptors (Lipinski definition) is 3. The Morgan fingerprint density at radius 1 is 0.800 bits per heavy atom. The van der Waals surface area contributed by atoms with Crippen LogP contribution in [-0.2, 0) is 9.53 Å². The molecule has 0 radical (unpaired) electrons. The van der Waals surface area contributed by atoms with Gasteiger partial charge >= 0.3 is 5.97 Å². The highest BCUT2D eigenvalue weighted by Crippen LogP contribution is 2.13. The normalized spacial score (nSPS) is 12.3. The Morgan fingerprint density at radius 3 is 1.60 bits per heavy atom. The van der Waals surface area contributed by atoms with Crippen molar-refractivity contribution in [2.24, 2.45) is 0 Å². The predicted octanol–water partition coefficient (Wildman–Crippen LogP) is 6.55. The van der Waals surface area contributed by atoms with E-state index >= 15 is 0 Å². The minimum absolute atomic E-state index is 0.100. The monoisotopic (exact) mass is 420 g/mol. The van der Waals surface area contributed by atoms with E-state index in [4.69, 9.17) is 4.74 Å². The molecule has 0 aromatic heterocycles. The number of aliphatic hydroxyl groups is 1. The Kier molecular flexibility index (Phi) is 20.2. The zero-order chi connectivity index (χ0) is 18.6. The molecule has 25 heavy (non-hydrogen) atoms. The van der Waals surface area contributed by atoms with Crippen molar-refractivity contribution in [1.82, 2.24) is 0 Å². The topological polar surface area (TPSA) is 46.5 Å². The van der Waals surface area contributed by atoms with E-state index in [2.05, 4.69) is 22.9 Å². The zero-order valence-electron chi connectivity index (χ0n) is 16.4. The van der Waals surface area contributed by atoms with Crippen LogP contribution in [0.25, 0.3) is 0 Å². The lowest BCUT2D eigenvalue weighted by Gasteiger charge is -2.08. The number of esters is 1. The van der Waals surface area contributed by atoms with Gasteiger partial charge in [-0.2, -0.15) is 0 Å². The molecule has 0 aliphatic heterocycles. The standard InChI is InChI=1S/C21H41BrO3/c1-2-3-4-5-6-7-8-9-10-11-12-13-14-15-16-17-21(24)25-19-20(23)18-22/h20,23H,2-19H2,1H3/t20-/m0/s1. The third kappa shape index (κ3) is 20.1. The molecule has 0 rings (SSSR count). The molecule has 0 fully saturated rings. The molecule has 0 heterocycles. The average molecular weight is 421 g/mol. The first kappa shape index (κ1) is 24.9. The molecule has 0 spiro atoms. The highest BCUT2D eigenvalue weighted by atomic mass is 79.9. The molecule has 0 aliphatic carbocycles. The van der Waals surface area contributed by atoms with Gasteiger partial charge in [-0.15, -0.1) is 0 Å². The van der Waals surface area contributed by atoms with E-state index in [1.54, 1.807) is 0 Å². The summed E-state index contributed by atoms with van der Waals surface area (Å²) in [7, 11) is 0. The molecule has 0 saturated carbocycles. The van der Waals surface area contributed by atoms with Crippen molar-refractivity contribution in [3.63, 3.8) is 0 Å². The van der Waals surface area contributed by atoms with E-state index in [9.17, 15) is 9.90 Å². The van der Waals surface area contributed by atoms with Gasteiger partial charge in [0.15, 0.2) is 0 Å².